The van der Waals surface area contributed by atoms with E-state index in [0.717, 1.165) is 23.1 Å². The molecule has 0 atom stereocenters. The first-order chi connectivity index (χ1) is 15.2. The van der Waals surface area contributed by atoms with Crippen LogP contribution in [0.5, 0.6) is 5.75 Å². The van der Waals surface area contributed by atoms with Crippen LogP contribution in [-0.4, -0.2) is 6.61 Å². The van der Waals surface area contributed by atoms with E-state index in [1.807, 2.05) is 12.1 Å². The van der Waals surface area contributed by atoms with Crippen LogP contribution < -0.4 is 4.74 Å². The second-order valence-electron chi connectivity index (χ2n) is 9.77. The molecule has 0 amide bonds. The van der Waals surface area contributed by atoms with Gasteiger partial charge < -0.3 is 4.74 Å². The Kier molecular flexibility index (Phi) is 7.48. The molecule has 4 rings (SSSR count). The van der Waals surface area contributed by atoms with Crippen molar-refractivity contribution in [1.82, 2.24) is 0 Å². The second-order valence-corrected chi connectivity index (χ2v) is 9.77. The molecule has 2 heteroatoms. The van der Waals surface area contributed by atoms with E-state index in [9.17, 15) is 4.39 Å². The van der Waals surface area contributed by atoms with Gasteiger partial charge in [-0.1, -0.05) is 55.8 Å². The molecule has 0 heterocycles. The minimum absolute atomic E-state index is 0.267. The summed E-state index contributed by atoms with van der Waals surface area (Å²) in [6.45, 7) is 7.92. The molecule has 166 valence electrons. The van der Waals surface area contributed by atoms with E-state index in [4.69, 9.17) is 4.74 Å². The van der Waals surface area contributed by atoms with Crippen molar-refractivity contribution in [1.29, 1.82) is 0 Å². The van der Waals surface area contributed by atoms with E-state index in [2.05, 4.69) is 31.4 Å². The van der Waals surface area contributed by atoms with Gasteiger partial charge in [-0.3, -0.25) is 0 Å². The fourth-order valence-electron chi connectivity index (χ4n) is 5.77. The maximum Gasteiger partial charge on any atom is 0.172 e. The zero-order chi connectivity index (χ0) is 21.6. The average molecular weight is 421 g/mol. The lowest BCUT2D eigenvalue weighted by molar-refractivity contribution is 0.246. The number of ether oxygens (including phenoxy) is 1. The predicted octanol–water partition coefficient (Wildman–Crippen LogP) is 8.59. The molecule has 0 aromatic heterocycles. The van der Waals surface area contributed by atoms with E-state index in [1.54, 1.807) is 12.1 Å². The Morgan fingerprint density at radius 2 is 1.55 bits per heavy atom. The maximum absolute atomic E-state index is 14.7. The van der Waals surface area contributed by atoms with Crippen LogP contribution >= 0.6 is 0 Å². The first-order valence-electron chi connectivity index (χ1n) is 12.3. The van der Waals surface area contributed by atoms with Gasteiger partial charge in [-0.05, 0) is 92.1 Å². The molecular weight excluding hydrogens is 383 g/mol. The minimum Gasteiger partial charge on any atom is -0.486 e. The molecule has 2 fully saturated rings. The van der Waals surface area contributed by atoms with Crippen LogP contribution in [0.4, 0.5) is 4.39 Å². The quantitative estimate of drug-likeness (QED) is 0.388. The zero-order valence-electron chi connectivity index (χ0n) is 18.8. The molecule has 31 heavy (non-hydrogen) atoms. The Bertz CT molecular complexity index is 885. The molecule has 0 radical (unpaired) electrons. The smallest absolute Gasteiger partial charge is 0.172 e. The van der Waals surface area contributed by atoms with E-state index in [1.165, 1.54) is 69.8 Å². The lowest BCUT2D eigenvalue weighted by Gasteiger charge is -2.31. The molecule has 2 aromatic carbocycles. The third-order valence-electron chi connectivity index (χ3n) is 7.83. The summed E-state index contributed by atoms with van der Waals surface area (Å²) in [6.07, 6.45) is 17.4. The van der Waals surface area contributed by atoms with Crippen LogP contribution in [0.1, 0.15) is 75.7 Å². The molecule has 1 nitrogen and oxygen atoms in total. The highest BCUT2D eigenvalue weighted by molar-refractivity contribution is 5.85. The van der Waals surface area contributed by atoms with Crippen LogP contribution in [0.2, 0.25) is 0 Å². The summed E-state index contributed by atoms with van der Waals surface area (Å²) in [5.41, 5.74) is 1.37. The number of halogens is 1. The van der Waals surface area contributed by atoms with E-state index >= 15 is 0 Å². The zero-order valence-corrected chi connectivity index (χ0v) is 18.8. The Morgan fingerprint density at radius 3 is 2.19 bits per heavy atom. The predicted molar refractivity (Wildman–Crippen MR) is 129 cm³/mol. The van der Waals surface area contributed by atoms with Crippen molar-refractivity contribution in [2.75, 3.05) is 6.61 Å². The monoisotopic (exact) mass is 420 g/mol. The summed E-state index contributed by atoms with van der Waals surface area (Å²) in [7, 11) is 0. The summed E-state index contributed by atoms with van der Waals surface area (Å²) in [4.78, 5) is 0. The van der Waals surface area contributed by atoms with Crippen LogP contribution in [0, 0.1) is 23.6 Å². The Hall–Kier alpha value is -2.09. The Morgan fingerprint density at radius 1 is 0.871 bits per heavy atom. The fraction of sp³-hybridized carbons (Fsp3) is 0.517. The van der Waals surface area contributed by atoms with Gasteiger partial charge in [0.1, 0.15) is 6.61 Å². The molecular formula is C29H37FO. The fourth-order valence-corrected chi connectivity index (χ4v) is 5.77. The molecule has 0 N–H and O–H groups in total. The SMILES string of the molecule is C=CCOc1ccc2cc(C3CCC(CCC4CCC(C=C)CC4)CC3)ccc2c1F. The van der Waals surface area contributed by atoms with Crippen LogP contribution in [0.25, 0.3) is 10.8 Å². The van der Waals surface area contributed by atoms with E-state index in [0.29, 0.717) is 23.7 Å². The molecule has 2 aliphatic rings. The standard InChI is InChI=1S/C29H37FO/c1-3-19-31-28-18-16-26-20-25(15-17-27(26)29(28)30)24-13-11-23(12-14-24)10-9-22-7-5-21(4-2)6-8-22/h3-4,15-18,20-24H,1-2,5-14,19H2. The highest BCUT2D eigenvalue weighted by Crippen LogP contribution is 2.40. The second kappa shape index (κ2) is 10.5. The third kappa shape index (κ3) is 5.40. The molecule has 2 aromatic rings. The largest absolute Gasteiger partial charge is 0.486 e. The number of benzene rings is 2. The summed E-state index contributed by atoms with van der Waals surface area (Å²) >= 11 is 0. The van der Waals surface area contributed by atoms with Gasteiger partial charge in [0.25, 0.3) is 0 Å². The first-order valence-corrected chi connectivity index (χ1v) is 12.3. The molecule has 2 saturated carbocycles. The molecule has 0 saturated heterocycles. The third-order valence-corrected chi connectivity index (χ3v) is 7.83. The van der Waals surface area contributed by atoms with Crippen molar-refractivity contribution in [3.8, 4) is 5.75 Å². The summed E-state index contributed by atoms with van der Waals surface area (Å²) < 4.78 is 20.2. The summed E-state index contributed by atoms with van der Waals surface area (Å²) in [5.74, 6) is 3.27. The topological polar surface area (TPSA) is 9.23 Å². The molecule has 0 spiro atoms. The van der Waals surface area contributed by atoms with Gasteiger partial charge in [0.2, 0.25) is 0 Å². The van der Waals surface area contributed by atoms with Crippen molar-refractivity contribution >= 4 is 10.8 Å². The summed E-state index contributed by atoms with van der Waals surface area (Å²) in [5, 5.41) is 1.61. The Labute approximate surface area is 187 Å². The number of hydrogen-bond acceptors (Lipinski definition) is 1. The van der Waals surface area contributed by atoms with E-state index < -0.39 is 0 Å². The highest BCUT2D eigenvalue weighted by atomic mass is 19.1. The molecule has 0 unspecified atom stereocenters. The molecule has 2 aliphatic carbocycles. The van der Waals surface area contributed by atoms with Gasteiger partial charge in [0.15, 0.2) is 11.6 Å². The van der Waals surface area contributed by atoms with Gasteiger partial charge in [-0.15, -0.1) is 6.58 Å². The number of rotatable bonds is 8. The van der Waals surface area contributed by atoms with Crippen LogP contribution in [0.15, 0.2) is 55.6 Å². The van der Waals surface area contributed by atoms with Gasteiger partial charge in [0, 0.05) is 5.39 Å². The van der Waals surface area contributed by atoms with Gasteiger partial charge in [-0.2, -0.15) is 0 Å². The molecule has 0 aliphatic heterocycles. The highest BCUT2D eigenvalue weighted by Gasteiger charge is 2.25. The Balaban J connectivity index is 1.30. The van der Waals surface area contributed by atoms with Gasteiger partial charge in [0.05, 0.1) is 0 Å². The van der Waals surface area contributed by atoms with Crippen molar-refractivity contribution in [3.05, 3.63) is 67.0 Å². The number of allylic oxidation sites excluding steroid dienone is 1. The van der Waals surface area contributed by atoms with E-state index in [-0.39, 0.29) is 5.82 Å². The van der Waals surface area contributed by atoms with Crippen molar-refractivity contribution in [2.45, 2.75) is 70.1 Å². The minimum atomic E-state index is -0.267. The number of hydrogen-bond donors (Lipinski definition) is 0. The van der Waals surface area contributed by atoms with Crippen molar-refractivity contribution in [3.63, 3.8) is 0 Å². The van der Waals surface area contributed by atoms with Gasteiger partial charge in [-0.25, -0.2) is 4.39 Å². The number of fused-ring (bicyclic) bond motifs is 1. The summed E-state index contributed by atoms with van der Waals surface area (Å²) in [6, 6.07) is 9.98. The van der Waals surface area contributed by atoms with Crippen LogP contribution in [0.3, 0.4) is 0 Å². The van der Waals surface area contributed by atoms with Crippen LogP contribution in [-0.2, 0) is 0 Å². The van der Waals surface area contributed by atoms with Gasteiger partial charge >= 0.3 is 0 Å². The van der Waals surface area contributed by atoms with Crippen molar-refractivity contribution in [2.24, 2.45) is 17.8 Å². The molecule has 0 bridgehead atoms. The normalized spacial score (nSPS) is 26.5. The average Bonchev–Trinajstić information content (AvgIpc) is 2.83. The lowest BCUT2D eigenvalue weighted by atomic mass is 9.74. The maximum atomic E-state index is 14.7. The van der Waals surface area contributed by atoms with Crippen molar-refractivity contribution < 1.29 is 9.13 Å². The lowest BCUT2D eigenvalue weighted by Crippen LogP contribution is -2.17. The first kappa shape index (κ1) is 22.1.